The summed E-state index contributed by atoms with van der Waals surface area (Å²) in [5.41, 5.74) is 3.55. The summed E-state index contributed by atoms with van der Waals surface area (Å²) in [5.74, 6) is 3.95. The number of esters is 1. The van der Waals surface area contributed by atoms with Crippen molar-refractivity contribution >= 4 is 5.97 Å². The first-order valence-corrected chi connectivity index (χ1v) is 9.84. The van der Waals surface area contributed by atoms with Gasteiger partial charge in [-0.05, 0) is 90.9 Å². The van der Waals surface area contributed by atoms with Gasteiger partial charge in [0.1, 0.15) is 5.75 Å². The zero-order chi connectivity index (χ0) is 16.9. The van der Waals surface area contributed by atoms with E-state index in [1.54, 1.807) is 5.56 Å². The molecule has 2 heteroatoms. The molecule has 5 atom stereocenters. The van der Waals surface area contributed by atoms with Crippen molar-refractivity contribution in [3.8, 4) is 5.75 Å². The number of hydrogen-bond acceptors (Lipinski definition) is 2. The van der Waals surface area contributed by atoms with E-state index >= 15 is 0 Å². The Labute approximate surface area is 146 Å². The predicted molar refractivity (Wildman–Crippen MR) is 96.1 cm³/mol. The van der Waals surface area contributed by atoms with E-state index in [0.717, 1.165) is 30.1 Å². The summed E-state index contributed by atoms with van der Waals surface area (Å²) in [5, 5.41) is 0. The summed E-state index contributed by atoms with van der Waals surface area (Å²) in [4.78, 5) is 11.2. The van der Waals surface area contributed by atoms with Crippen LogP contribution >= 0.6 is 0 Å². The van der Waals surface area contributed by atoms with Gasteiger partial charge in [-0.25, -0.2) is 0 Å². The average molecular weight is 326 g/mol. The predicted octanol–water partition coefficient (Wildman–Crippen LogP) is 5.49. The average Bonchev–Trinajstić information content (AvgIpc) is 2.90. The Morgan fingerprint density at radius 2 is 2.08 bits per heavy atom. The summed E-state index contributed by atoms with van der Waals surface area (Å²) in [6.45, 7) is 6.45. The third-order valence-corrected chi connectivity index (χ3v) is 7.65. The molecule has 3 aliphatic rings. The van der Waals surface area contributed by atoms with Crippen LogP contribution in [0, 0.1) is 23.2 Å². The number of fused-ring (bicyclic) bond motifs is 5. The standard InChI is InChI=1S/C22H30O2/c1-4-16-6-10-21-20-8-5-15-13-17(24-14(2)23)7-9-18(15)19(20)11-12-22(16,21)3/h7,9,13,16,19-21H,4-6,8,10-12H2,1-3H3/t16-,19+,20+,21-,22+/m0/s1. The molecule has 24 heavy (non-hydrogen) atoms. The first-order valence-electron chi connectivity index (χ1n) is 9.84. The zero-order valence-corrected chi connectivity index (χ0v) is 15.3. The molecule has 0 spiro atoms. The largest absolute Gasteiger partial charge is 0.427 e. The Morgan fingerprint density at radius 3 is 2.83 bits per heavy atom. The number of carbonyl (C=O) groups excluding carboxylic acids is 1. The lowest BCUT2D eigenvalue weighted by molar-refractivity contribution is -0.131. The highest BCUT2D eigenvalue weighted by Gasteiger charge is 2.53. The van der Waals surface area contributed by atoms with Crippen LogP contribution in [-0.4, -0.2) is 5.97 Å². The van der Waals surface area contributed by atoms with Gasteiger partial charge in [-0.3, -0.25) is 4.79 Å². The van der Waals surface area contributed by atoms with Gasteiger partial charge in [0, 0.05) is 6.92 Å². The molecule has 2 saturated carbocycles. The summed E-state index contributed by atoms with van der Waals surface area (Å²) in [7, 11) is 0. The maximum absolute atomic E-state index is 11.2. The highest BCUT2D eigenvalue weighted by atomic mass is 16.5. The minimum atomic E-state index is -0.228. The maximum atomic E-state index is 11.2. The number of rotatable bonds is 2. The van der Waals surface area contributed by atoms with Crippen LogP contribution in [-0.2, 0) is 11.2 Å². The summed E-state index contributed by atoms with van der Waals surface area (Å²) in [6, 6.07) is 6.36. The highest BCUT2D eigenvalue weighted by molar-refractivity contribution is 5.69. The van der Waals surface area contributed by atoms with Crippen LogP contribution in [0.3, 0.4) is 0 Å². The molecule has 0 N–H and O–H groups in total. The molecular formula is C22H30O2. The molecule has 130 valence electrons. The molecule has 0 saturated heterocycles. The Bertz CT molecular complexity index is 649. The molecule has 0 aliphatic heterocycles. The fourth-order valence-electron chi connectivity index (χ4n) is 6.57. The van der Waals surface area contributed by atoms with E-state index in [-0.39, 0.29) is 5.97 Å². The second-order valence-corrected chi connectivity index (χ2v) is 8.60. The molecule has 4 rings (SSSR count). The van der Waals surface area contributed by atoms with E-state index in [0.29, 0.717) is 11.2 Å². The Balaban J connectivity index is 1.62. The van der Waals surface area contributed by atoms with Crippen molar-refractivity contribution < 1.29 is 9.53 Å². The number of aryl methyl sites for hydroxylation is 1. The van der Waals surface area contributed by atoms with Gasteiger partial charge >= 0.3 is 5.97 Å². The third kappa shape index (κ3) is 2.41. The molecule has 0 heterocycles. The fraction of sp³-hybridized carbons (Fsp3) is 0.682. The van der Waals surface area contributed by atoms with Gasteiger partial charge in [-0.1, -0.05) is 26.3 Å². The monoisotopic (exact) mass is 326 g/mol. The van der Waals surface area contributed by atoms with Crippen molar-refractivity contribution in [2.45, 2.75) is 71.6 Å². The lowest BCUT2D eigenvalue weighted by atomic mass is 9.54. The van der Waals surface area contributed by atoms with E-state index < -0.39 is 0 Å². The minimum absolute atomic E-state index is 0.228. The molecule has 0 radical (unpaired) electrons. The second-order valence-electron chi connectivity index (χ2n) is 8.60. The van der Waals surface area contributed by atoms with E-state index in [2.05, 4.69) is 26.0 Å². The maximum Gasteiger partial charge on any atom is 0.308 e. The van der Waals surface area contributed by atoms with Crippen LogP contribution in [0.4, 0.5) is 0 Å². The molecule has 2 fully saturated rings. The molecule has 3 aliphatic carbocycles. The molecule has 0 amide bonds. The Kier molecular flexibility index (Phi) is 3.97. The quantitative estimate of drug-likeness (QED) is 0.530. The van der Waals surface area contributed by atoms with Crippen LogP contribution in [0.15, 0.2) is 18.2 Å². The van der Waals surface area contributed by atoms with Gasteiger partial charge in [0.05, 0.1) is 0 Å². The van der Waals surface area contributed by atoms with E-state index in [1.165, 1.54) is 51.0 Å². The summed E-state index contributed by atoms with van der Waals surface area (Å²) in [6.07, 6.45) is 9.44. The van der Waals surface area contributed by atoms with Crippen molar-refractivity contribution in [1.29, 1.82) is 0 Å². The van der Waals surface area contributed by atoms with Crippen LogP contribution in [0.2, 0.25) is 0 Å². The van der Waals surface area contributed by atoms with Gasteiger partial charge < -0.3 is 4.74 Å². The van der Waals surface area contributed by atoms with Crippen LogP contribution in [0.1, 0.15) is 76.3 Å². The lowest BCUT2D eigenvalue weighted by Gasteiger charge is -2.51. The number of ether oxygens (including phenoxy) is 1. The van der Waals surface area contributed by atoms with Crippen LogP contribution in [0.5, 0.6) is 5.75 Å². The van der Waals surface area contributed by atoms with Crippen molar-refractivity contribution in [2.24, 2.45) is 23.2 Å². The van der Waals surface area contributed by atoms with Gasteiger partial charge in [-0.15, -0.1) is 0 Å². The Morgan fingerprint density at radius 1 is 1.25 bits per heavy atom. The topological polar surface area (TPSA) is 26.3 Å². The number of benzene rings is 1. The van der Waals surface area contributed by atoms with Gasteiger partial charge in [0.15, 0.2) is 0 Å². The van der Waals surface area contributed by atoms with Gasteiger partial charge in [-0.2, -0.15) is 0 Å². The van der Waals surface area contributed by atoms with E-state index in [9.17, 15) is 4.79 Å². The molecule has 2 nitrogen and oxygen atoms in total. The van der Waals surface area contributed by atoms with Crippen LogP contribution < -0.4 is 4.74 Å². The molecular weight excluding hydrogens is 296 g/mol. The van der Waals surface area contributed by atoms with Crippen molar-refractivity contribution in [3.05, 3.63) is 29.3 Å². The van der Waals surface area contributed by atoms with Crippen molar-refractivity contribution in [1.82, 2.24) is 0 Å². The first-order chi connectivity index (χ1) is 11.5. The zero-order valence-electron chi connectivity index (χ0n) is 15.3. The third-order valence-electron chi connectivity index (χ3n) is 7.65. The molecule has 0 aromatic heterocycles. The molecule has 1 aromatic carbocycles. The first kappa shape index (κ1) is 16.2. The molecule has 1 aromatic rings. The smallest absolute Gasteiger partial charge is 0.308 e. The minimum Gasteiger partial charge on any atom is -0.427 e. The Hall–Kier alpha value is -1.31. The van der Waals surface area contributed by atoms with Gasteiger partial charge in [0.2, 0.25) is 0 Å². The second kappa shape index (κ2) is 5.89. The van der Waals surface area contributed by atoms with E-state index in [1.807, 2.05) is 6.07 Å². The molecule has 0 unspecified atom stereocenters. The number of hydrogen-bond donors (Lipinski definition) is 0. The van der Waals surface area contributed by atoms with Crippen molar-refractivity contribution in [2.75, 3.05) is 0 Å². The normalized spacial score (nSPS) is 37.3. The lowest BCUT2D eigenvalue weighted by Crippen LogP contribution is -2.42. The number of carbonyl (C=O) groups is 1. The van der Waals surface area contributed by atoms with E-state index in [4.69, 9.17) is 4.74 Å². The molecule has 0 bridgehead atoms. The highest BCUT2D eigenvalue weighted by Crippen LogP contribution is 2.63. The van der Waals surface area contributed by atoms with Gasteiger partial charge in [0.25, 0.3) is 0 Å². The summed E-state index contributed by atoms with van der Waals surface area (Å²) >= 11 is 0. The fourth-order valence-corrected chi connectivity index (χ4v) is 6.57. The van der Waals surface area contributed by atoms with Crippen molar-refractivity contribution in [3.63, 3.8) is 0 Å². The summed E-state index contributed by atoms with van der Waals surface area (Å²) < 4.78 is 5.29. The van der Waals surface area contributed by atoms with Crippen LogP contribution in [0.25, 0.3) is 0 Å². The SMILES string of the molecule is CC[C@H]1CC[C@H]2[C@@H]3CCc4cc(OC(C)=O)ccc4[C@H]3CC[C@]12C.